The number of ketones is 1. The predicted molar refractivity (Wildman–Crippen MR) is 63.6 cm³/mol. The molecule has 0 aliphatic carbocycles. The van der Waals surface area contributed by atoms with Gasteiger partial charge in [-0.3, -0.25) is 4.79 Å². The molecule has 4 heteroatoms. The SMILES string of the molecule is COc1cccc(CC(Cl)C(C)=O)c1OC. The van der Waals surface area contributed by atoms with Gasteiger partial charge in [-0.05, 0) is 25.0 Å². The van der Waals surface area contributed by atoms with Crippen LogP contribution < -0.4 is 9.47 Å². The fourth-order valence-electron chi connectivity index (χ4n) is 1.45. The Bertz CT molecular complexity index is 377. The van der Waals surface area contributed by atoms with Crippen LogP contribution >= 0.6 is 11.6 Å². The number of para-hydroxylation sites is 1. The molecule has 1 aromatic carbocycles. The number of Topliss-reactive ketones (excluding diaryl/α,β-unsaturated/α-hetero) is 1. The predicted octanol–water partition coefficient (Wildman–Crippen LogP) is 2.44. The molecule has 1 aromatic rings. The number of methoxy groups -OCH3 is 2. The van der Waals surface area contributed by atoms with Crippen molar-refractivity contribution in [3.8, 4) is 11.5 Å². The number of hydrogen-bond acceptors (Lipinski definition) is 3. The smallest absolute Gasteiger partial charge is 0.163 e. The van der Waals surface area contributed by atoms with Gasteiger partial charge in [-0.15, -0.1) is 11.6 Å². The highest BCUT2D eigenvalue weighted by atomic mass is 35.5. The van der Waals surface area contributed by atoms with Gasteiger partial charge in [0.05, 0.1) is 19.6 Å². The third-order valence-corrected chi connectivity index (χ3v) is 2.79. The van der Waals surface area contributed by atoms with Gasteiger partial charge < -0.3 is 9.47 Å². The molecular formula is C12H15ClO3. The van der Waals surface area contributed by atoms with Crippen molar-refractivity contribution in [2.24, 2.45) is 0 Å². The largest absolute Gasteiger partial charge is 0.493 e. The topological polar surface area (TPSA) is 35.5 Å². The van der Waals surface area contributed by atoms with E-state index in [1.54, 1.807) is 20.3 Å². The van der Waals surface area contributed by atoms with Gasteiger partial charge in [-0.2, -0.15) is 0 Å². The molecule has 1 unspecified atom stereocenters. The average Bonchev–Trinajstić information content (AvgIpc) is 2.28. The van der Waals surface area contributed by atoms with Crippen molar-refractivity contribution in [2.45, 2.75) is 18.7 Å². The van der Waals surface area contributed by atoms with Crippen molar-refractivity contribution in [1.82, 2.24) is 0 Å². The van der Waals surface area contributed by atoms with E-state index in [9.17, 15) is 4.79 Å². The minimum Gasteiger partial charge on any atom is -0.493 e. The first-order valence-corrected chi connectivity index (χ1v) is 5.38. The lowest BCUT2D eigenvalue weighted by molar-refractivity contribution is -0.116. The number of carbonyl (C=O) groups excluding carboxylic acids is 1. The Kier molecular flexibility index (Phi) is 4.62. The summed E-state index contributed by atoms with van der Waals surface area (Å²) in [6, 6.07) is 5.53. The summed E-state index contributed by atoms with van der Waals surface area (Å²) in [4.78, 5) is 11.1. The van der Waals surface area contributed by atoms with Crippen molar-refractivity contribution in [3.05, 3.63) is 23.8 Å². The first-order valence-electron chi connectivity index (χ1n) is 4.94. The minimum atomic E-state index is -0.527. The Labute approximate surface area is 100 Å². The second kappa shape index (κ2) is 5.75. The lowest BCUT2D eigenvalue weighted by Crippen LogP contribution is -2.14. The third-order valence-electron chi connectivity index (χ3n) is 2.32. The van der Waals surface area contributed by atoms with Crippen LogP contribution in [0.4, 0.5) is 0 Å². The van der Waals surface area contributed by atoms with Gasteiger partial charge in [0.1, 0.15) is 5.78 Å². The average molecular weight is 243 g/mol. The summed E-state index contributed by atoms with van der Waals surface area (Å²) in [6.45, 7) is 1.48. The highest BCUT2D eigenvalue weighted by Crippen LogP contribution is 2.32. The molecule has 0 aromatic heterocycles. The molecular weight excluding hydrogens is 228 g/mol. The van der Waals surface area contributed by atoms with Gasteiger partial charge >= 0.3 is 0 Å². The summed E-state index contributed by atoms with van der Waals surface area (Å²) in [7, 11) is 3.14. The molecule has 0 fully saturated rings. The zero-order valence-corrected chi connectivity index (χ0v) is 10.4. The van der Waals surface area contributed by atoms with Crippen molar-refractivity contribution >= 4 is 17.4 Å². The molecule has 88 valence electrons. The number of hydrogen-bond donors (Lipinski definition) is 0. The number of benzene rings is 1. The van der Waals surface area contributed by atoms with Crippen LogP contribution in [0.1, 0.15) is 12.5 Å². The Morgan fingerprint density at radius 1 is 1.38 bits per heavy atom. The molecule has 0 aliphatic rings. The van der Waals surface area contributed by atoms with Gasteiger partial charge in [0.2, 0.25) is 0 Å². The van der Waals surface area contributed by atoms with Crippen molar-refractivity contribution < 1.29 is 14.3 Å². The Hall–Kier alpha value is -1.22. The molecule has 0 bridgehead atoms. The van der Waals surface area contributed by atoms with E-state index in [1.807, 2.05) is 12.1 Å². The van der Waals surface area contributed by atoms with E-state index >= 15 is 0 Å². The summed E-state index contributed by atoms with van der Waals surface area (Å²) in [5.74, 6) is 1.23. The fraction of sp³-hybridized carbons (Fsp3) is 0.417. The van der Waals surface area contributed by atoms with E-state index in [4.69, 9.17) is 21.1 Å². The minimum absolute atomic E-state index is 0.0495. The molecule has 1 atom stereocenters. The van der Waals surface area contributed by atoms with E-state index in [2.05, 4.69) is 0 Å². The van der Waals surface area contributed by atoms with Crippen molar-refractivity contribution in [2.75, 3.05) is 14.2 Å². The Morgan fingerprint density at radius 2 is 2.06 bits per heavy atom. The van der Waals surface area contributed by atoms with Crippen LogP contribution in [0.5, 0.6) is 11.5 Å². The van der Waals surface area contributed by atoms with Gasteiger partial charge in [-0.1, -0.05) is 12.1 Å². The van der Waals surface area contributed by atoms with Crippen molar-refractivity contribution in [1.29, 1.82) is 0 Å². The molecule has 0 N–H and O–H groups in total. The van der Waals surface area contributed by atoms with Crippen LogP contribution in [0.3, 0.4) is 0 Å². The molecule has 0 heterocycles. The standard InChI is InChI=1S/C12H15ClO3/c1-8(14)10(13)7-9-5-4-6-11(15-2)12(9)16-3/h4-6,10H,7H2,1-3H3. The van der Waals surface area contributed by atoms with Crippen LogP contribution in [0.15, 0.2) is 18.2 Å². The monoisotopic (exact) mass is 242 g/mol. The lowest BCUT2D eigenvalue weighted by atomic mass is 10.1. The fourth-order valence-corrected chi connectivity index (χ4v) is 1.62. The van der Waals surface area contributed by atoms with Gasteiger partial charge in [-0.25, -0.2) is 0 Å². The molecule has 1 rings (SSSR count). The summed E-state index contributed by atoms with van der Waals surface area (Å²) < 4.78 is 10.4. The zero-order valence-electron chi connectivity index (χ0n) is 9.62. The van der Waals surface area contributed by atoms with Crippen LogP contribution in [0.25, 0.3) is 0 Å². The molecule has 16 heavy (non-hydrogen) atoms. The number of rotatable bonds is 5. The first kappa shape index (κ1) is 12.8. The van der Waals surface area contributed by atoms with E-state index in [-0.39, 0.29) is 5.78 Å². The zero-order chi connectivity index (χ0) is 12.1. The number of carbonyl (C=O) groups is 1. The normalized spacial score (nSPS) is 12.0. The molecule has 0 saturated carbocycles. The number of alkyl halides is 1. The highest BCUT2D eigenvalue weighted by Gasteiger charge is 2.16. The molecule has 0 radical (unpaired) electrons. The maximum atomic E-state index is 11.1. The summed E-state index contributed by atoms with van der Waals surface area (Å²) in [5, 5.41) is -0.527. The van der Waals surface area contributed by atoms with E-state index in [0.717, 1.165) is 5.56 Å². The number of ether oxygens (including phenoxy) is 2. The van der Waals surface area contributed by atoms with Crippen LogP contribution in [0.2, 0.25) is 0 Å². The molecule has 0 spiro atoms. The molecule has 3 nitrogen and oxygen atoms in total. The van der Waals surface area contributed by atoms with Gasteiger partial charge in [0.15, 0.2) is 11.5 Å². The third kappa shape index (κ3) is 2.89. The van der Waals surface area contributed by atoms with E-state index in [1.165, 1.54) is 6.92 Å². The molecule has 0 saturated heterocycles. The Morgan fingerprint density at radius 3 is 2.56 bits per heavy atom. The second-order valence-electron chi connectivity index (χ2n) is 3.43. The summed E-state index contributed by atoms with van der Waals surface area (Å²) in [6.07, 6.45) is 0.442. The van der Waals surface area contributed by atoms with E-state index < -0.39 is 5.38 Å². The van der Waals surface area contributed by atoms with Gasteiger partial charge in [0, 0.05) is 0 Å². The maximum Gasteiger partial charge on any atom is 0.163 e. The molecule has 0 amide bonds. The summed E-state index contributed by atoms with van der Waals surface area (Å²) in [5.41, 5.74) is 0.872. The van der Waals surface area contributed by atoms with Crippen LogP contribution in [0, 0.1) is 0 Å². The first-order chi connectivity index (χ1) is 7.60. The Balaban J connectivity index is 2.99. The maximum absolute atomic E-state index is 11.1. The number of halogens is 1. The summed E-state index contributed by atoms with van der Waals surface area (Å²) >= 11 is 5.93. The van der Waals surface area contributed by atoms with Crippen molar-refractivity contribution in [3.63, 3.8) is 0 Å². The molecule has 0 aliphatic heterocycles. The van der Waals surface area contributed by atoms with Gasteiger partial charge in [0.25, 0.3) is 0 Å². The quantitative estimate of drug-likeness (QED) is 0.744. The van der Waals surface area contributed by atoms with E-state index in [0.29, 0.717) is 17.9 Å². The van der Waals surface area contributed by atoms with Crippen LogP contribution in [-0.2, 0) is 11.2 Å². The highest BCUT2D eigenvalue weighted by molar-refractivity contribution is 6.30. The second-order valence-corrected chi connectivity index (χ2v) is 3.96. The van der Waals surface area contributed by atoms with Crippen LogP contribution in [-0.4, -0.2) is 25.4 Å². The lowest BCUT2D eigenvalue weighted by Gasteiger charge is -2.13.